The van der Waals surface area contributed by atoms with Crippen molar-refractivity contribution < 1.29 is 24.5 Å². The second kappa shape index (κ2) is 6.19. The Kier molecular flexibility index (Phi) is 4.73. The molecule has 7 heteroatoms. The summed E-state index contributed by atoms with van der Waals surface area (Å²) in [7, 11) is 0. The van der Waals surface area contributed by atoms with Gasteiger partial charge in [-0.2, -0.15) is 0 Å². The third kappa shape index (κ3) is 3.29. The average Bonchev–Trinajstić information content (AvgIpc) is 2.80. The highest BCUT2D eigenvalue weighted by molar-refractivity contribution is 5.79. The molecule has 4 atom stereocenters. The molecule has 4 unspecified atom stereocenters. The fourth-order valence-corrected chi connectivity index (χ4v) is 3.21. The molecule has 7 nitrogen and oxygen atoms in total. The minimum atomic E-state index is -0.899. The van der Waals surface area contributed by atoms with Crippen molar-refractivity contribution >= 4 is 12.0 Å². The maximum Gasteiger partial charge on any atom is 0.317 e. The highest BCUT2D eigenvalue weighted by Crippen LogP contribution is 2.38. The molecule has 0 bridgehead atoms. The molecule has 21 heavy (non-hydrogen) atoms. The number of aliphatic hydroxyl groups is 1. The highest BCUT2D eigenvalue weighted by Gasteiger charge is 2.46. The van der Waals surface area contributed by atoms with Gasteiger partial charge in [0.1, 0.15) is 0 Å². The SMILES string of the molecule is CC1CN(C(=O)NC2CCCC2(C)C(=O)O)CC(CO)O1. The molecule has 1 aliphatic heterocycles. The third-order valence-electron chi connectivity index (χ3n) is 4.56. The minimum Gasteiger partial charge on any atom is -0.481 e. The highest BCUT2D eigenvalue weighted by atomic mass is 16.5. The van der Waals surface area contributed by atoms with E-state index in [2.05, 4.69) is 5.32 Å². The van der Waals surface area contributed by atoms with Crippen LogP contribution in [0.5, 0.6) is 0 Å². The van der Waals surface area contributed by atoms with Crippen LogP contribution in [0.1, 0.15) is 33.1 Å². The van der Waals surface area contributed by atoms with Crippen molar-refractivity contribution in [3.63, 3.8) is 0 Å². The minimum absolute atomic E-state index is 0.135. The van der Waals surface area contributed by atoms with Gasteiger partial charge in [0.05, 0.1) is 30.8 Å². The normalized spacial score (nSPS) is 36.5. The Labute approximate surface area is 124 Å². The average molecular weight is 300 g/mol. The molecular formula is C14H24N2O5. The van der Waals surface area contributed by atoms with Crippen molar-refractivity contribution in [1.82, 2.24) is 10.2 Å². The van der Waals surface area contributed by atoms with Crippen LogP contribution < -0.4 is 5.32 Å². The van der Waals surface area contributed by atoms with Crippen molar-refractivity contribution in [2.24, 2.45) is 5.41 Å². The van der Waals surface area contributed by atoms with Crippen molar-refractivity contribution in [2.75, 3.05) is 19.7 Å². The number of aliphatic hydroxyl groups excluding tert-OH is 1. The Bertz CT molecular complexity index is 416. The second-order valence-electron chi connectivity index (χ2n) is 6.27. The van der Waals surface area contributed by atoms with Crippen molar-refractivity contribution in [3.8, 4) is 0 Å². The number of carbonyl (C=O) groups excluding carboxylic acids is 1. The number of hydrogen-bond acceptors (Lipinski definition) is 4. The zero-order valence-electron chi connectivity index (χ0n) is 12.5. The van der Waals surface area contributed by atoms with Gasteiger partial charge < -0.3 is 25.2 Å². The quantitative estimate of drug-likeness (QED) is 0.701. The molecular weight excluding hydrogens is 276 g/mol. The molecule has 3 N–H and O–H groups in total. The molecule has 2 rings (SSSR count). The molecule has 1 aliphatic carbocycles. The van der Waals surface area contributed by atoms with E-state index in [9.17, 15) is 19.8 Å². The molecule has 1 heterocycles. The number of urea groups is 1. The maximum absolute atomic E-state index is 12.4. The fraction of sp³-hybridized carbons (Fsp3) is 0.857. The zero-order chi connectivity index (χ0) is 15.6. The van der Waals surface area contributed by atoms with Crippen LogP contribution >= 0.6 is 0 Å². The maximum atomic E-state index is 12.4. The molecule has 0 aromatic heterocycles. The van der Waals surface area contributed by atoms with E-state index in [4.69, 9.17) is 4.74 Å². The van der Waals surface area contributed by atoms with E-state index < -0.39 is 11.4 Å². The molecule has 0 aromatic rings. The first-order valence-corrected chi connectivity index (χ1v) is 7.42. The van der Waals surface area contributed by atoms with Crippen molar-refractivity contribution in [1.29, 1.82) is 0 Å². The number of aliphatic carboxylic acids is 1. The number of ether oxygens (including phenoxy) is 1. The third-order valence-corrected chi connectivity index (χ3v) is 4.56. The number of nitrogens with one attached hydrogen (secondary N) is 1. The second-order valence-corrected chi connectivity index (χ2v) is 6.27. The molecule has 2 aliphatic rings. The van der Waals surface area contributed by atoms with Crippen LogP contribution in [0.15, 0.2) is 0 Å². The monoisotopic (exact) mass is 300 g/mol. The number of rotatable bonds is 3. The number of amides is 2. The van der Waals surface area contributed by atoms with Gasteiger partial charge in [-0.25, -0.2) is 4.79 Å². The predicted octanol–water partition coefficient (Wildman–Crippen LogP) is 0.421. The van der Waals surface area contributed by atoms with Crippen LogP contribution in [-0.2, 0) is 9.53 Å². The Hall–Kier alpha value is -1.34. The summed E-state index contributed by atoms with van der Waals surface area (Å²) in [5, 5.41) is 21.4. The van der Waals surface area contributed by atoms with E-state index in [0.717, 1.165) is 6.42 Å². The number of carboxylic acid groups (broad SMARTS) is 1. The number of morpholine rings is 1. The van der Waals surface area contributed by atoms with E-state index in [-0.39, 0.29) is 30.9 Å². The van der Waals surface area contributed by atoms with Gasteiger partial charge in [-0.3, -0.25) is 4.79 Å². The summed E-state index contributed by atoms with van der Waals surface area (Å²) in [6.07, 6.45) is 1.53. The van der Waals surface area contributed by atoms with Crippen LogP contribution in [0.25, 0.3) is 0 Å². The van der Waals surface area contributed by atoms with Crippen LogP contribution in [0.2, 0.25) is 0 Å². The molecule has 1 saturated heterocycles. The standard InChI is InChI=1S/C14H24N2O5/c1-9-6-16(7-10(8-17)21-9)13(20)15-11-4-3-5-14(11,2)12(18)19/h9-11,17H,3-8H2,1-2H3,(H,15,20)(H,18,19). The lowest BCUT2D eigenvalue weighted by Gasteiger charge is -2.37. The Balaban J connectivity index is 1.99. The van der Waals surface area contributed by atoms with Gasteiger partial charge in [-0.15, -0.1) is 0 Å². The zero-order valence-corrected chi connectivity index (χ0v) is 12.5. The topological polar surface area (TPSA) is 99.1 Å². The summed E-state index contributed by atoms with van der Waals surface area (Å²) in [6, 6.07) is -0.629. The van der Waals surface area contributed by atoms with Crippen molar-refractivity contribution in [2.45, 2.75) is 51.4 Å². The molecule has 2 fully saturated rings. The van der Waals surface area contributed by atoms with Crippen LogP contribution in [0.3, 0.4) is 0 Å². The predicted molar refractivity (Wildman–Crippen MR) is 74.9 cm³/mol. The Morgan fingerprint density at radius 3 is 2.76 bits per heavy atom. The molecule has 120 valence electrons. The lowest BCUT2D eigenvalue weighted by atomic mass is 9.85. The fourth-order valence-electron chi connectivity index (χ4n) is 3.21. The van der Waals surface area contributed by atoms with Gasteiger partial charge in [-0.05, 0) is 26.7 Å². The Morgan fingerprint density at radius 2 is 2.14 bits per heavy atom. The summed E-state index contributed by atoms with van der Waals surface area (Å²) < 4.78 is 5.50. The van der Waals surface area contributed by atoms with E-state index in [0.29, 0.717) is 25.9 Å². The van der Waals surface area contributed by atoms with Crippen molar-refractivity contribution in [3.05, 3.63) is 0 Å². The lowest BCUT2D eigenvalue weighted by Crippen LogP contribution is -2.57. The lowest BCUT2D eigenvalue weighted by molar-refractivity contribution is -0.148. The van der Waals surface area contributed by atoms with E-state index in [1.54, 1.807) is 11.8 Å². The molecule has 1 saturated carbocycles. The molecule has 2 amide bonds. The van der Waals surface area contributed by atoms with Gasteiger partial charge in [0.25, 0.3) is 0 Å². The number of carbonyl (C=O) groups is 2. The summed E-state index contributed by atoms with van der Waals surface area (Å²) in [5.74, 6) is -0.867. The smallest absolute Gasteiger partial charge is 0.317 e. The van der Waals surface area contributed by atoms with Crippen LogP contribution in [0, 0.1) is 5.41 Å². The first-order valence-electron chi connectivity index (χ1n) is 7.42. The van der Waals surface area contributed by atoms with Gasteiger partial charge in [-0.1, -0.05) is 6.42 Å². The molecule has 0 spiro atoms. The molecule has 0 aromatic carbocycles. The summed E-state index contributed by atoms with van der Waals surface area (Å²) in [5.41, 5.74) is -0.899. The molecule has 0 radical (unpaired) electrons. The van der Waals surface area contributed by atoms with Gasteiger partial charge >= 0.3 is 12.0 Å². The summed E-state index contributed by atoms with van der Waals surface area (Å²) in [4.78, 5) is 25.4. The Morgan fingerprint density at radius 1 is 1.43 bits per heavy atom. The van der Waals surface area contributed by atoms with Gasteiger partial charge in [0, 0.05) is 12.6 Å². The largest absolute Gasteiger partial charge is 0.481 e. The van der Waals surface area contributed by atoms with Crippen LogP contribution in [0.4, 0.5) is 4.79 Å². The van der Waals surface area contributed by atoms with Crippen LogP contribution in [-0.4, -0.2) is 65.1 Å². The summed E-state index contributed by atoms with van der Waals surface area (Å²) >= 11 is 0. The first-order chi connectivity index (χ1) is 9.86. The first kappa shape index (κ1) is 16.0. The number of nitrogens with zero attached hydrogens (tertiary/aromatic N) is 1. The number of hydrogen-bond donors (Lipinski definition) is 3. The van der Waals surface area contributed by atoms with Gasteiger partial charge in [0.15, 0.2) is 0 Å². The number of carboxylic acids is 1. The van der Waals surface area contributed by atoms with E-state index in [1.807, 2.05) is 6.92 Å². The summed E-state index contributed by atoms with van der Waals surface area (Å²) in [6.45, 7) is 4.16. The van der Waals surface area contributed by atoms with E-state index >= 15 is 0 Å². The van der Waals surface area contributed by atoms with E-state index in [1.165, 1.54) is 0 Å². The van der Waals surface area contributed by atoms with Gasteiger partial charge in [0.2, 0.25) is 0 Å².